The van der Waals surface area contributed by atoms with Gasteiger partial charge in [-0.25, -0.2) is 0 Å². The monoisotopic (exact) mass is 298 g/mol. The number of esters is 2. The van der Waals surface area contributed by atoms with Crippen LogP contribution >= 0.6 is 0 Å². The molecule has 21 heavy (non-hydrogen) atoms. The van der Waals surface area contributed by atoms with Crippen LogP contribution in [0, 0.1) is 11.3 Å². The highest BCUT2D eigenvalue weighted by molar-refractivity contribution is 5.83. The molecule has 1 fully saturated rings. The van der Waals surface area contributed by atoms with E-state index < -0.39 is 5.41 Å². The SMILES string of the molecule is CCOC(=O)CC(CC)(CC1CCCCC1)C(=O)OCC. The van der Waals surface area contributed by atoms with E-state index in [2.05, 4.69) is 0 Å². The van der Waals surface area contributed by atoms with E-state index in [4.69, 9.17) is 9.47 Å². The fraction of sp³-hybridized carbons (Fsp3) is 0.882. The molecule has 0 saturated heterocycles. The molecular weight excluding hydrogens is 268 g/mol. The van der Waals surface area contributed by atoms with Crippen LogP contribution in [0.3, 0.4) is 0 Å². The van der Waals surface area contributed by atoms with Crippen molar-refractivity contribution < 1.29 is 19.1 Å². The smallest absolute Gasteiger partial charge is 0.312 e. The third-order valence-corrected chi connectivity index (χ3v) is 4.58. The maximum absolute atomic E-state index is 12.5. The molecule has 0 heterocycles. The molecular formula is C17H30O4. The second-order valence-electron chi connectivity index (χ2n) is 6.04. The van der Waals surface area contributed by atoms with Gasteiger partial charge in [0, 0.05) is 0 Å². The number of hydrogen-bond donors (Lipinski definition) is 0. The van der Waals surface area contributed by atoms with Crippen LogP contribution in [0.2, 0.25) is 0 Å². The summed E-state index contributed by atoms with van der Waals surface area (Å²) in [5.41, 5.74) is -0.704. The van der Waals surface area contributed by atoms with Gasteiger partial charge in [-0.3, -0.25) is 9.59 Å². The Labute approximate surface area is 128 Å². The minimum Gasteiger partial charge on any atom is -0.466 e. The quantitative estimate of drug-likeness (QED) is 0.638. The molecule has 0 aliphatic heterocycles. The van der Waals surface area contributed by atoms with Crippen LogP contribution in [-0.2, 0) is 19.1 Å². The topological polar surface area (TPSA) is 52.6 Å². The van der Waals surface area contributed by atoms with E-state index >= 15 is 0 Å². The molecule has 122 valence electrons. The molecule has 0 N–H and O–H groups in total. The minimum absolute atomic E-state index is 0.146. The van der Waals surface area contributed by atoms with Crippen LogP contribution in [0.5, 0.6) is 0 Å². The van der Waals surface area contributed by atoms with Crippen molar-refractivity contribution >= 4 is 11.9 Å². The highest BCUT2D eigenvalue weighted by atomic mass is 16.5. The second kappa shape index (κ2) is 9.06. The zero-order chi connectivity index (χ0) is 15.7. The van der Waals surface area contributed by atoms with E-state index in [0.29, 0.717) is 25.6 Å². The lowest BCUT2D eigenvalue weighted by Crippen LogP contribution is -2.37. The molecule has 0 aromatic rings. The molecule has 1 unspecified atom stereocenters. The number of carbonyl (C=O) groups excluding carboxylic acids is 2. The summed E-state index contributed by atoms with van der Waals surface area (Å²) in [5.74, 6) is 0.00636. The van der Waals surface area contributed by atoms with Gasteiger partial charge in [-0.05, 0) is 32.6 Å². The summed E-state index contributed by atoms with van der Waals surface area (Å²) in [6, 6.07) is 0. The summed E-state index contributed by atoms with van der Waals surface area (Å²) in [5, 5.41) is 0. The predicted octanol–water partition coefficient (Wildman–Crippen LogP) is 3.87. The van der Waals surface area contributed by atoms with E-state index in [1.807, 2.05) is 13.8 Å². The Kier molecular flexibility index (Phi) is 7.76. The summed E-state index contributed by atoms with van der Waals surface area (Å²) >= 11 is 0. The zero-order valence-corrected chi connectivity index (χ0v) is 13.8. The highest BCUT2D eigenvalue weighted by Gasteiger charge is 2.42. The fourth-order valence-corrected chi connectivity index (χ4v) is 3.36. The van der Waals surface area contributed by atoms with Gasteiger partial charge in [0.1, 0.15) is 0 Å². The van der Waals surface area contributed by atoms with Crippen LogP contribution < -0.4 is 0 Å². The lowest BCUT2D eigenvalue weighted by atomic mass is 9.71. The summed E-state index contributed by atoms with van der Waals surface area (Å²) < 4.78 is 10.3. The summed E-state index contributed by atoms with van der Waals surface area (Å²) in [4.78, 5) is 24.4. The van der Waals surface area contributed by atoms with E-state index in [-0.39, 0.29) is 18.4 Å². The largest absolute Gasteiger partial charge is 0.466 e. The number of ether oxygens (including phenoxy) is 2. The molecule has 1 rings (SSSR count). The first-order valence-electron chi connectivity index (χ1n) is 8.40. The van der Waals surface area contributed by atoms with Gasteiger partial charge in [-0.1, -0.05) is 39.0 Å². The van der Waals surface area contributed by atoms with E-state index in [1.165, 1.54) is 19.3 Å². The van der Waals surface area contributed by atoms with Gasteiger partial charge >= 0.3 is 11.9 Å². The number of rotatable bonds is 8. The Morgan fingerprint density at radius 1 is 1.00 bits per heavy atom. The first kappa shape index (κ1) is 18.0. The molecule has 1 saturated carbocycles. The second-order valence-corrected chi connectivity index (χ2v) is 6.04. The van der Waals surface area contributed by atoms with E-state index in [9.17, 15) is 9.59 Å². The van der Waals surface area contributed by atoms with Crippen molar-refractivity contribution in [2.24, 2.45) is 11.3 Å². The van der Waals surface area contributed by atoms with Crippen molar-refractivity contribution in [1.29, 1.82) is 0 Å². The molecule has 4 nitrogen and oxygen atoms in total. The Morgan fingerprint density at radius 2 is 1.62 bits per heavy atom. The Morgan fingerprint density at radius 3 is 2.14 bits per heavy atom. The standard InChI is InChI=1S/C17H30O4/c1-4-17(16(19)21-6-3,13-15(18)20-5-2)12-14-10-8-7-9-11-14/h14H,4-13H2,1-3H3. The average molecular weight is 298 g/mol. The van der Waals surface area contributed by atoms with Crippen LogP contribution in [0.1, 0.15) is 72.1 Å². The van der Waals surface area contributed by atoms with Gasteiger partial charge in [-0.15, -0.1) is 0 Å². The van der Waals surface area contributed by atoms with Crippen molar-refractivity contribution in [1.82, 2.24) is 0 Å². The summed E-state index contributed by atoms with van der Waals surface area (Å²) in [7, 11) is 0. The molecule has 0 aromatic carbocycles. The van der Waals surface area contributed by atoms with Crippen molar-refractivity contribution in [2.75, 3.05) is 13.2 Å². The van der Waals surface area contributed by atoms with E-state index in [0.717, 1.165) is 19.3 Å². The molecule has 1 atom stereocenters. The molecule has 0 spiro atoms. The molecule has 1 aliphatic rings. The van der Waals surface area contributed by atoms with Crippen molar-refractivity contribution in [3.05, 3.63) is 0 Å². The lowest BCUT2D eigenvalue weighted by Gasteiger charge is -2.34. The zero-order valence-electron chi connectivity index (χ0n) is 13.8. The summed E-state index contributed by atoms with van der Waals surface area (Å²) in [6.45, 7) is 6.28. The van der Waals surface area contributed by atoms with Gasteiger partial charge in [0.2, 0.25) is 0 Å². The van der Waals surface area contributed by atoms with Gasteiger partial charge in [0.05, 0.1) is 25.0 Å². The van der Waals surface area contributed by atoms with Crippen molar-refractivity contribution in [3.8, 4) is 0 Å². The lowest BCUT2D eigenvalue weighted by molar-refractivity contribution is -0.164. The Hall–Kier alpha value is -1.06. The first-order valence-corrected chi connectivity index (χ1v) is 8.40. The van der Waals surface area contributed by atoms with Crippen LogP contribution in [-0.4, -0.2) is 25.2 Å². The van der Waals surface area contributed by atoms with Gasteiger partial charge < -0.3 is 9.47 Å². The minimum atomic E-state index is -0.704. The molecule has 0 radical (unpaired) electrons. The highest BCUT2D eigenvalue weighted by Crippen LogP contribution is 2.40. The fourth-order valence-electron chi connectivity index (χ4n) is 3.36. The molecule has 0 amide bonds. The first-order chi connectivity index (χ1) is 10.1. The average Bonchev–Trinajstić information content (AvgIpc) is 2.48. The van der Waals surface area contributed by atoms with Gasteiger partial charge in [0.15, 0.2) is 0 Å². The predicted molar refractivity (Wildman–Crippen MR) is 81.8 cm³/mol. The number of carbonyl (C=O) groups is 2. The molecule has 0 aromatic heterocycles. The normalized spacial score (nSPS) is 18.8. The molecule has 4 heteroatoms. The van der Waals surface area contributed by atoms with Crippen LogP contribution in [0.25, 0.3) is 0 Å². The molecule has 0 bridgehead atoms. The maximum Gasteiger partial charge on any atom is 0.312 e. The maximum atomic E-state index is 12.5. The summed E-state index contributed by atoms with van der Waals surface area (Å²) in [6.07, 6.45) is 7.58. The number of hydrogen-bond acceptors (Lipinski definition) is 4. The van der Waals surface area contributed by atoms with Crippen molar-refractivity contribution in [3.63, 3.8) is 0 Å². The van der Waals surface area contributed by atoms with E-state index in [1.54, 1.807) is 6.92 Å². The molecule has 1 aliphatic carbocycles. The third kappa shape index (κ3) is 5.33. The Bertz CT molecular complexity index is 334. The van der Waals surface area contributed by atoms with Crippen LogP contribution in [0.15, 0.2) is 0 Å². The van der Waals surface area contributed by atoms with Crippen molar-refractivity contribution in [2.45, 2.75) is 72.1 Å². The Balaban J connectivity index is 2.83. The third-order valence-electron chi connectivity index (χ3n) is 4.58. The van der Waals surface area contributed by atoms with Gasteiger partial charge in [0.25, 0.3) is 0 Å². The van der Waals surface area contributed by atoms with Crippen LogP contribution in [0.4, 0.5) is 0 Å². The van der Waals surface area contributed by atoms with Gasteiger partial charge in [-0.2, -0.15) is 0 Å².